The molecule has 0 bridgehead atoms. The van der Waals surface area contributed by atoms with Gasteiger partial charge in [-0.2, -0.15) is 0 Å². The lowest BCUT2D eigenvalue weighted by Crippen LogP contribution is -2.56. The van der Waals surface area contributed by atoms with E-state index in [4.69, 9.17) is 4.74 Å². The first-order chi connectivity index (χ1) is 9.06. The molecule has 2 unspecified atom stereocenters. The number of carbonyl (C=O) groups is 1. The van der Waals surface area contributed by atoms with Crippen LogP contribution in [0.3, 0.4) is 0 Å². The van der Waals surface area contributed by atoms with Gasteiger partial charge in [0.25, 0.3) is 0 Å². The predicted octanol–water partition coefficient (Wildman–Crippen LogP) is 2.42. The smallest absolute Gasteiger partial charge is 0.323 e. The Kier molecular flexibility index (Phi) is 3.34. The molecule has 0 radical (unpaired) electrons. The highest BCUT2D eigenvalue weighted by molar-refractivity contribution is 5.78. The van der Waals surface area contributed by atoms with Gasteiger partial charge in [0.1, 0.15) is 5.54 Å². The standard InChI is InChI=1S/C15H25NO3/c1-14(13(17)18)6-4-9-16(14)12-5-10-19-15(11-12)7-2-3-8-15/h12H,2-11H2,1H3,(H,17,18). The van der Waals surface area contributed by atoms with Gasteiger partial charge in [-0.05, 0) is 52.0 Å². The van der Waals surface area contributed by atoms with Gasteiger partial charge < -0.3 is 9.84 Å². The molecule has 4 heteroatoms. The molecule has 3 rings (SSSR count). The summed E-state index contributed by atoms with van der Waals surface area (Å²) in [6.07, 6.45) is 8.69. The molecule has 1 saturated carbocycles. The van der Waals surface area contributed by atoms with Crippen molar-refractivity contribution < 1.29 is 14.6 Å². The maximum atomic E-state index is 11.6. The number of nitrogens with zero attached hydrogens (tertiary/aromatic N) is 1. The summed E-state index contributed by atoms with van der Waals surface area (Å²) in [7, 11) is 0. The average molecular weight is 267 g/mol. The van der Waals surface area contributed by atoms with E-state index in [2.05, 4.69) is 4.90 Å². The first kappa shape index (κ1) is 13.4. The van der Waals surface area contributed by atoms with Gasteiger partial charge in [0.2, 0.25) is 0 Å². The SMILES string of the molecule is CC1(C(=O)O)CCCN1C1CCOC2(CCCC2)C1. The summed E-state index contributed by atoms with van der Waals surface area (Å²) < 4.78 is 6.07. The quantitative estimate of drug-likeness (QED) is 0.834. The minimum absolute atomic E-state index is 0.0743. The van der Waals surface area contributed by atoms with Gasteiger partial charge in [0.05, 0.1) is 5.60 Å². The van der Waals surface area contributed by atoms with Gasteiger partial charge >= 0.3 is 5.97 Å². The second-order valence-corrected chi connectivity index (χ2v) is 6.76. The highest BCUT2D eigenvalue weighted by Gasteiger charge is 2.50. The molecule has 19 heavy (non-hydrogen) atoms. The summed E-state index contributed by atoms with van der Waals surface area (Å²) in [6.45, 7) is 3.64. The number of rotatable bonds is 2. The largest absolute Gasteiger partial charge is 0.480 e. The number of carboxylic acids is 1. The van der Waals surface area contributed by atoms with Crippen molar-refractivity contribution in [2.75, 3.05) is 13.2 Å². The van der Waals surface area contributed by atoms with Crippen molar-refractivity contribution in [1.29, 1.82) is 0 Å². The molecule has 4 nitrogen and oxygen atoms in total. The van der Waals surface area contributed by atoms with Crippen LogP contribution in [0.15, 0.2) is 0 Å². The molecule has 3 fully saturated rings. The van der Waals surface area contributed by atoms with Crippen LogP contribution in [0.2, 0.25) is 0 Å². The van der Waals surface area contributed by atoms with Crippen LogP contribution in [-0.4, -0.2) is 46.3 Å². The summed E-state index contributed by atoms with van der Waals surface area (Å²) in [6, 6.07) is 0.399. The fourth-order valence-corrected chi connectivity index (χ4v) is 4.44. The third-order valence-corrected chi connectivity index (χ3v) is 5.58. The van der Waals surface area contributed by atoms with Gasteiger partial charge in [0.15, 0.2) is 0 Å². The molecule has 2 aliphatic heterocycles. The molecule has 2 atom stereocenters. The zero-order valence-electron chi connectivity index (χ0n) is 11.9. The van der Waals surface area contributed by atoms with Crippen molar-refractivity contribution in [2.45, 2.75) is 75.5 Å². The van der Waals surface area contributed by atoms with E-state index < -0.39 is 11.5 Å². The minimum atomic E-state index is -0.656. The molecule has 2 saturated heterocycles. The van der Waals surface area contributed by atoms with Crippen LogP contribution in [0.5, 0.6) is 0 Å². The summed E-state index contributed by atoms with van der Waals surface area (Å²) in [4.78, 5) is 13.9. The molecule has 0 aromatic heterocycles. The van der Waals surface area contributed by atoms with Crippen molar-refractivity contribution in [2.24, 2.45) is 0 Å². The Balaban J connectivity index is 1.76. The lowest BCUT2D eigenvalue weighted by molar-refractivity contribution is -0.155. The Morgan fingerprint density at radius 2 is 2.00 bits per heavy atom. The van der Waals surface area contributed by atoms with E-state index >= 15 is 0 Å². The number of likely N-dealkylation sites (tertiary alicyclic amines) is 1. The highest BCUT2D eigenvalue weighted by atomic mass is 16.5. The summed E-state index contributed by atoms with van der Waals surface area (Å²) in [5, 5.41) is 9.56. The molecule has 1 spiro atoms. The van der Waals surface area contributed by atoms with E-state index in [-0.39, 0.29) is 5.60 Å². The topological polar surface area (TPSA) is 49.8 Å². The zero-order chi connectivity index (χ0) is 13.5. The average Bonchev–Trinajstić information content (AvgIpc) is 2.98. The van der Waals surface area contributed by atoms with Crippen molar-refractivity contribution in [3.05, 3.63) is 0 Å². The van der Waals surface area contributed by atoms with Crippen LogP contribution in [0, 0.1) is 0 Å². The van der Waals surface area contributed by atoms with Crippen LogP contribution in [0.25, 0.3) is 0 Å². The number of hydrogen-bond donors (Lipinski definition) is 1. The van der Waals surface area contributed by atoms with Crippen LogP contribution in [-0.2, 0) is 9.53 Å². The number of carboxylic acid groups (broad SMARTS) is 1. The normalized spacial score (nSPS) is 38.9. The Hall–Kier alpha value is -0.610. The summed E-state index contributed by atoms with van der Waals surface area (Å²) in [5.41, 5.74) is -0.577. The van der Waals surface area contributed by atoms with E-state index in [0.29, 0.717) is 6.04 Å². The maximum Gasteiger partial charge on any atom is 0.323 e. The van der Waals surface area contributed by atoms with E-state index in [9.17, 15) is 9.90 Å². The third kappa shape index (κ3) is 2.19. The summed E-state index contributed by atoms with van der Waals surface area (Å²) >= 11 is 0. The van der Waals surface area contributed by atoms with E-state index in [0.717, 1.165) is 38.8 Å². The monoisotopic (exact) mass is 267 g/mol. The molecule has 2 heterocycles. The molecule has 1 aliphatic carbocycles. The molecule has 108 valence electrons. The van der Waals surface area contributed by atoms with Crippen LogP contribution < -0.4 is 0 Å². The van der Waals surface area contributed by atoms with Gasteiger partial charge in [-0.25, -0.2) is 0 Å². The third-order valence-electron chi connectivity index (χ3n) is 5.58. The highest BCUT2D eigenvalue weighted by Crippen LogP contribution is 2.44. The molecule has 1 N–H and O–H groups in total. The van der Waals surface area contributed by atoms with Gasteiger partial charge in [-0.3, -0.25) is 9.69 Å². The van der Waals surface area contributed by atoms with Crippen LogP contribution >= 0.6 is 0 Å². The molecule has 0 aromatic carbocycles. The van der Waals surface area contributed by atoms with Gasteiger partial charge in [0, 0.05) is 12.6 Å². The van der Waals surface area contributed by atoms with Crippen LogP contribution in [0.1, 0.15) is 58.3 Å². The zero-order valence-corrected chi connectivity index (χ0v) is 11.9. The van der Waals surface area contributed by atoms with Gasteiger partial charge in [-0.15, -0.1) is 0 Å². The number of aliphatic carboxylic acids is 1. The lowest BCUT2D eigenvalue weighted by Gasteiger charge is -2.45. The van der Waals surface area contributed by atoms with E-state index in [1.807, 2.05) is 6.92 Å². The second kappa shape index (κ2) is 4.74. The first-order valence-corrected chi connectivity index (χ1v) is 7.70. The van der Waals surface area contributed by atoms with Crippen molar-refractivity contribution >= 4 is 5.97 Å². The van der Waals surface area contributed by atoms with Crippen molar-refractivity contribution in [3.63, 3.8) is 0 Å². The molecule has 3 aliphatic rings. The molecule has 0 amide bonds. The van der Waals surface area contributed by atoms with Crippen LogP contribution in [0.4, 0.5) is 0 Å². The second-order valence-electron chi connectivity index (χ2n) is 6.76. The Labute approximate surface area is 115 Å². The Morgan fingerprint density at radius 3 is 2.68 bits per heavy atom. The Bertz CT molecular complexity index is 364. The molecular formula is C15H25NO3. The fourth-order valence-electron chi connectivity index (χ4n) is 4.44. The molecule has 0 aromatic rings. The lowest BCUT2D eigenvalue weighted by atomic mass is 9.86. The van der Waals surface area contributed by atoms with Crippen molar-refractivity contribution in [1.82, 2.24) is 4.90 Å². The van der Waals surface area contributed by atoms with Crippen molar-refractivity contribution in [3.8, 4) is 0 Å². The van der Waals surface area contributed by atoms with E-state index in [1.54, 1.807) is 0 Å². The van der Waals surface area contributed by atoms with Gasteiger partial charge in [-0.1, -0.05) is 12.8 Å². The maximum absolute atomic E-state index is 11.6. The molecular weight excluding hydrogens is 242 g/mol. The number of hydrogen-bond acceptors (Lipinski definition) is 3. The first-order valence-electron chi connectivity index (χ1n) is 7.70. The fraction of sp³-hybridized carbons (Fsp3) is 0.933. The Morgan fingerprint density at radius 1 is 1.26 bits per heavy atom. The van der Waals surface area contributed by atoms with E-state index in [1.165, 1.54) is 25.7 Å². The summed E-state index contributed by atoms with van der Waals surface area (Å²) in [5.74, 6) is -0.656. The number of ether oxygens (including phenoxy) is 1. The minimum Gasteiger partial charge on any atom is -0.480 e. The predicted molar refractivity (Wildman–Crippen MR) is 72.2 cm³/mol.